The fraction of sp³-hybridized carbons (Fsp3) is 0.250. The van der Waals surface area contributed by atoms with E-state index in [1.807, 2.05) is 38.1 Å². The first-order chi connectivity index (χ1) is 13.5. The van der Waals surface area contributed by atoms with Gasteiger partial charge in [-0.2, -0.15) is 0 Å². The van der Waals surface area contributed by atoms with Crippen LogP contribution in [0.4, 0.5) is 5.69 Å². The van der Waals surface area contributed by atoms with Gasteiger partial charge in [-0.3, -0.25) is 9.59 Å². The Morgan fingerprint density at radius 2 is 1.82 bits per heavy atom. The maximum absolute atomic E-state index is 12.5. The standard InChI is InChI=1S/C20H22N6O2/c1-14(2)12-21-20(28)17-5-3-4-6-18(17)23-19(27)11-15-7-9-16(10-8-15)26-13-22-24-25-26/h3-10,13-14H,11-12H2,1-2H3,(H,21,28)(H,23,27). The van der Waals surface area contributed by atoms with Crippen LogP contribution in [0.15, 0.2) is 54.9 Å². The molecule has 0 aliphatic rings. The maximum atomic E-state index is 12.5. The van der Waals surface area contributed by atoms with Crippen LogP contribution in [0.25, 0.3) is 5.69 Å². The van der Waals surface area contributed by atoms with Crippen LogP contribution in [0.5, 0.6) is 0 Å². The molecule has 0 bridgehead atoms. The molecule has 0 aliphatic heterocycles. The molecule has 3 rings (SSSR count). The van der Waals surface area contributed by atoms with Crippen molar-refractivity contribution in [3.63, 3.8) is 0 Å². The van der Waals surface area contributed by atoms with Crippen LogP contribution < -0.4 is 10.6 Å². The third-order valence-electron chi connectivity index (χ3n) is 4.03. The van der Waals surface area contributed by atoms with Gasteiger partial charge in [-0.25, -0.2) is 4.68 Å². The molecule has 144 valence electrons. The van der Waals surface area contributed by atoms with E-state index in [2.05, 4.69) is 26.2 Å². The lowest BCUT2D eigenvalue weighted by atomic mass is 10.1. The van der Waals surface area contributed by atoms with Gasteiger partial charge in [0.1, 0.15) is 6.33 Å². The van der Waals surface area contributed by atoms with Gasteiger partial charge in [0, 0.05) is 6.54 Å². The predicted molar refractivity (Wildman–Crippen MR) is 105 cm³/mol. The van der Waals surface area contributed by atoms with Crippen molar-refractivity contribution in [1.29, 1.82) is 0 Å². The van der Waals surface area contributed by atoms with E-state index >= 15 is 0 Å². The third kappa shape index (κ3) is 5.00. The Morgan fingerprint density at radius 3 is 2.50 bits per heavy atom. The summed E-state index contributed by atoms with van der Waals surface area (Å²) in [5.74, 6) is -0.0448. The molecule has 1 heterocycles. The second-order valence-electron chi connectivity index (χ2n) is 6.80. The zero-order valence-electron chi connectivity index (χ0n) is 15.8. The number of nitrogens with one attached hydrogen (secondary N) is 2. The Kier molecular flexibility index (Phi) is 6.11. The van der Waals surface area contributed by atoms with Crippen LogP contribution in [0.3, 0.4) is 0 Å². The summed E-state index contributed by atoms with van der Waals surface area (Å²) >= 11 is 0. The van der Waals surface area contributed by atoms with Gasteiger partial charge in [0.25, 0.3) is 5.91 Å². The number of nitrogens with zero attached hydrogens (tertiary/aromatic N) is 4. The SMILES string of the molecule is CC(C)CNC(=O)c1ccccc1NC(=O)Cc1ccc(-n2cnnn2)cc1. The van der Waals surface area contributed by atoms with Crippen molar-refractivity contribution in [1.82, 2.24) is 25.5 Å². The van der Waals surface area contributed by atoms with Gasteiger partial charge in [-0.1, -0.05) is 38.1 Å². The fourth-order valence-corrected chi connectivity index (χ4v) is 2.61. The number of carbonyl (C=O) groups is 2. The van der Waals surface area contributed by atoms with E-state index < -0.39 is 0 Å². The summed E-state index contributed by atoms with van der Waals surface area (Å²) in [6.07, 6.45) is 1.70. The topological polar surface area (TPSA) is 102 Å². The highest BCUT2D eigenvalue weighted by molar-refractivity contribution is 6.04. The molecule has 0 spiro atoms. The van der Waals surface area contributed by atoms with Crippen LogP contribution in [0.1, 0.15) is 29.8 Å². The highest BCUT2D eigenvalue weighted by Crippen LogP contribution is 2.16. The van der Waals surface area contributed by atoms with Crippen molar-refractivity contribution >= 4 is 17.5 Å². The summed E-state index contributed by atoms with van der Waals surface area (Å²) in [5.41, 5.74) is 2.60. The Bertz CT molecular complexity index is 936. The maximum Gasteiger partial charge on any atom is 0.253 e. The normalized spacial score (nSPS) is 10.7. The van der Waals surface area contributed by atoms with Gasteiger partial charge >= 0.3 is 0 Å². The number of rotatable bonds is 7. The number of aromatic nitrogens is 4. The van der Waals surface area contributed by atoms with Crippen LogP contribution in [-0.2, 0) is 11.2 Å². The predicted octanol–water partition coefficient (Wildman–Crippen LogP) is 2.23. The molecule has 0 aliphatic carbocycles. The average Bonchev–Trinajstić information content (AvgIpc) is 3.22. The van der Waals surface area contributed by atoms with Gasteiger partial charge in [-0.15, -0.1) is 5.10 Å². The number of hydrogen-bond acceptors (Lipinski definition) is 5. The van der Waals surface area contributed by atoms with E-state index in [0.29, 0.717) is 23.7 Å². The van der Waals surface area contributed by atoms with Crippen LogP contribution >= 0.6 is 0 Å². The highest BCUT2D eigenvalue weighted by Gasteiger charge is 2.13. The first kappa shape index (κ1) is 19.2. The molecule has 1 aromatic heterocycles. The second-order valence-corrected chi connectivity index (χ2v) is 6.80. The van der Waals surface area contributed by atoms with Gasteiger partial charge in [0.15, 0.2) is 0 Å². The molecule has 8 nitrogen and oxygen atoms in total. The molecule has 2 N–H and O–H groups in total. The zero-order chi connectivity index (χ0) is 19.9. The first-order valence-electron chi connectivity index (χ1n) is 9.02. The molecule has 8 heteroatoms. The molecule has 0 fully saturated rings. The minimum absolute atomic E-state index is 0.192. The molecule has 2 aromatic carbocycles. The molecule has 2 amide bonds. The van der Waals surface area contributed by atoms with Crippen LogP contribution in [-0.4, -0.2) is 38.6 Å². The van der Waals surface area contributed by atoms with Gasteiger partial charge in [0.05, 0.1) is 23.4 Å². The van der Waals surface area contributed by atoms with Crippen molar-refractivity contribution < 1.29 is 9.59 Å². The van der Waals surface area contributed by atoms with Crippen LogP contribution in [0.2, 0.25) is 0 Å². The highest BCUT2D eigenvalue weighted by atomic mass is 16.2. The van der Waals surface area contributed by atoms with Crippen molar-refractivity contribution in [2.45, 2.75) is 20.3 Å². The molecule has 28 heavy (non-hydrogen) atoms. The number of anilines is 1. The van der Waals surface area contributed by atoms with Crippen molar-refractivity contribution in [2.24, 2.45) is 5.92 Å². The Hall–Kier alpha value is -3.55. The largest absolute Gasteiger partial charge is 0.352 e. The minimum Gasteiger partial charge on any atom is -0.352 e. The van der Waals surface area contributed by atoms with Crippen molar-refractivity contribution in [3.8, 4) is 5.69 Å². The van der Waals surface area contributed by atoms with E-state index in [-0.39, 0.29) is 18.2 Å². The lowest BCUT2D eigenvalue weighted by molar-refractivity contribution is -0.115. The Morgan fingerprint density at radius 1 is 1.07 bits per heavy atom. The van der Waals surface area contributed by atoms with E-state index in [1.165, 1.54) is 11.0 Å². The summed E-state index contributed by atoms with van der Waals surface area (Å²) in [6.45, 7) is 4.63. The molecule has 0 atom stereocenters. The monoisotopic (exact) mass is 378 g/mol. The zero-order valence-corrected chi connectivity index (χ0v) is 15.8. The average molecular weight is 378 g/mol. The molecule has 3 aromatic rings. The lowest BCUT2D eigenvalue weighted by Gasteiger charge is -2.12. The Balaban J connectivity index is 1.64. The summed E-state index contributed by atoms with van der Waals surface area (Å²) < 4.78 is 1.54. The summed E-state index contributed by atoms with van der Waals surface area (Å²) in [7, 11) is 0. The molecular formula is C20H22N6O2. The summed E-state index contributed by atoms with van der Waals surface area (Å²) in [5, 5.41) is 16.7. The third-order valence-corrected chi connectivity index (χ3v) is 4.03. The molecule has 0 saturated heterocycles. The smallest absolute Gasteiger partial charge is 0.253 e. The number of carbonyl (C=O) groups excluding carboxylic acids is 2. The lowest BCUT2D eigenvalue weighted by Crippen LogP contribution is -2.28. The van der Waals surface area contributed by atoms with Gasteiger partial charge < -0.3 is 10.6 Å². The van der Waals surface area contributed by atoms with Gasteiger partial charge in [-0.05, 0) is 46.2 Å². The summed E-state index contributed by atoms with van der Waals surface area (Å²) in [6, 6.07) is 14.4. The quantitative estimate of drug-likeness (QED) is 0.656. The minimum atomic E-state index is -0.199. The Labute approximate surface area is 163 Å². The number of hydrogen-bond donors (Lipinski definition) is 2. The number of tetrazole rings is 1. The summed E-state index contributed by atoms with van der Waals surface area (Å²) in [4.78, 5) is 24.8. The number of para-hydroxylation sites is 1. The van der Waals surface area contributed by atoms with E-state index in [0.717, 1.165) is 11.3 Å². The van der Waals surface area contributed by atoms with E-state index in [1.54, 1.807) is 24.3 Å². The molecule has 0 unspecified atom stereocenters. The number of amides is 2. The molecule has 0 saturated carbocycles. The molecule has 0 radical (unpaired) electrons. The fourth-order valence-electron chi connectivity index (χ4n) is 2.61. The van der Waals surface area contributed by atoms with Crippen molar-refractivity contribution in [3.05, 3.63) is 66.0 Å². The van der Waals surface area contributed by atoms with Crippen LogP contribution in [0, 0.1) is 5.92 Å². The number of benzene rings is 2. The van der Waals surface area contributed by atoms with E-state index in [9.17, 15) is 9.59 Å². The molecular weight excluding hydrogens is 356 g/mol. The van der Waals surface area contributed by atoms with Crippen molar-refractivity contribution in [2.75, 3.05) is 11.9 Å². The van der Waals surface area contributed by atoms with E-state index in [4.69, 9.17) is 0 Å². The second kappa shape index (κ2) is 8.90. The van der Waals surface area contributed by atoms with Gasteiger partial charge in [0.2, 0.25) is 5.91 Å². The first-order valence-corrected chi connectivity index (χ1v) is 9.02.